The highest BCUT2D eigenvalue weighted by atomic mass is 16.5. The molecule has 0 radical (unpaired) electrons. The van der Waals surface area contributed by atoms with Gasteiger partial charge in [0, 0.05) is 13.0 Å². The van der Waals surface area contributed by atoms with Gasteiger partial charge in [-0.3, -0.25) is 4.79 Å². The summed E-state index contributed by atoms with van der Waals surface area (Å²) in [6.45, 7) is 1.17. The molecule has 0 unspecified atom stereocenters. The van der Waals surface area contributed by atoms with Gasteiger partial charge in [-0.15, -0.1) is 0 Å². The molecular weight excluding hydrogens is 306 g/mol. The first-order valence-electron chi connectivity index (χ1n) is 7.92. The fourth-order valence-electron chi connectivity index (χ4n) is 2.76. The number of carbonyl (C=O) groups is 1. The number of rotatable bonds is 6. The third kappa shape index (κ3) is 3.62. The van der Waals surface area contributed by atoms with E-state index in [2.05, 4.69) is 5.32 Å². The third-order valence-electron chi connectivity index (χ3n) is 4.06. The molecule has 1 amide bonds. The molecule has 24 heavy (non-hydrogen) atoms. The van der Waals surface area contributed by atoms with E-state index in [1.165, 1.54) is 5.56 Å². The second-order valence-corrected chi connectivity index (χ2v) is 5.68. The number of nitrogens with one attached hydrogen (secondary N) is 1. The largest absolute Gasteiger partial charge is 0.493 e. The van der Waals surface area contributed by atoms with Gasteiger partial charge in [-0.25, -0.2) is 0 Å². The second-order valence-electron chi connectivity index (χ2n) is 5.68. The van der Waals surface area contributed by atoms with Crippen LogP contribution in [-0.2, 0) is 24.2 Å². The second kappa shape index (κ2) is 7.25. The van der Waals surface area contributed by atoms with Crippen molar-refractivity contribution in [1.29, 1.82) is 0 Å². The van der Waals surface area contributed by atoms with Crippen LogP contribution in [0, 0.1) is 0 Å². The number of hydrogen-bond donors (Lipinski definition) is 1. The maximum absolute atomic E-state index is 12.2. The number of ether oxygens (including phenoxy) is 3. The molecule has 1 aliphatic rings. The summed E-state index contributed by atoms with van der Waals surface area (Å²) in [5.74, 6) is 2.20. The van der Waals surface area contributed by atoms with Crippen molar-refractivity contribution in [2.75, 3.05) is 20.8 Å². The lowest BCUT2D eigenvalue weighted by Crippen LogP contribution is -2.24. The molecule has 5 heteroatoms. The van der Waals surface area contributed by atoms with Gasteiger partial charge in [0.2, 0.25) is 5.91 Å². The van der Waals surface area contributed by atoms with Gasteiger partial charge in [-0.05, 0) is 34.9 Å². The molecule has 3 rings (SSSR count). The zero-order chi connectivity index (χ0) is 16.9. The summed E-state index contributed by atoms with van der Waals surface area (Å²) in [5.41, 5.74) is 3.13. The van der Waals surface area contributed by atoms with Crippen LogP contribution in [-0.4, -0.2) is 26.7 Å². The number of fused-ring (bicyclic) bond motifs is 1. The van der Waals surface area contributed by atoms with Crippen molar-refractivity contribution in [2.24, 2.45) is 0 Å². The van der Waals surface area contributed by atoms with Gasteiger partial charge < -0.3 is 19.5 Å². The molecule has 0 aromatic heterocycles. The van der Waals surface area contributed by atoms with E-state index in [-0.39, 0.29) is 5.91 Å². The summed E-state index contributed by atoms with van der Waals surface area (Å²) >= 11 is 0. The Morgan fingerprint density at radius 3 is 2.67 bits per heavy atom. The summed E-state index contributed by atoms with van der Waals surface area (Å²) in [5, 5.41) is 2.93. The van der Waals surface area contributed by atoms with Crippen LogP contribution in [0.15, 0.2) is 36.4 Å². The summed E-state index contributed by atoms with van der Waals surface area (Å²) in [7, 11) is 3.19. The average Bonchev–Trinajstić information content (AvgIpc) is 3.07. The van der Waals surface area contributed by atoms with Gasteiger partial charge in [0.25, 0.3) is 0 Å². The van der Waals surface area contributed by atoms with E-state index >= 15 is 0 Å². The van der Waals surface area contributed by atoms with Crippen LogP contribution in [0.1, 0.15) is 16.7 Å². The summed E-state index contributed by atoms with van der Waals surface area (Å²) in [6.07, 6.45) is 1.28. The van der Waals surface area contributed by atoms with Gasteiger partial charge in [-0.2, -0.15) is 0 Å². The van der Waals surface area contributed by atoms with E-state index in [0.29, 0.717) is 24.5 Å². The Morgan fingerprint density at radius 2 is 1.88 bits per heavy atom. The first-order chi connectivity index (χ1) is 11.7. The van der Waals surface area contributed by atoms with E-state index in [1.807, 2.05) is 36.4 Å². The van der Waals surface area contributed by atoms with Crippen LogP contribution in [0.4, 0.5) is 0 Å². The zero-order valence-electron chi connectivity index (χ0n) is 13.9. The maximum atomic E-state index is 12.2. The Hall–Kier alpha value is -2.69. The van der Waals surface area contributed by atoms with Gasteiger partial charge in [0.1, 0.15) is 5.75 Å². The predicted octanol–water partition coefficient (Wildman–Crippen LogP) is 2.50. The van der Waals surface area contributed by atoms with E-state index in [9.17, 15) is 4.79 Å². The van der Waals surface area contributed by atoms with Crippen molar-refractivity contribution in [3.63, 3.8) is 0 Å². The van der Waals surface area contributed by atoms with Crippen LogP contribution >= 0.6 is 0 Å². The Labute approximate surface area is 141 Å². The lowest BCUT2D eigenvalue weighted by molar-refractivity contribution is -0.120. The molecule has 126 valence electrons. The molecule has 0 aliphatic carbocycles. The summed E-state index contributed by atoms with van der Waals surface area (Å²) < 4.78 is 16.0. The van der Waals surface area contributed by atoms with Crippen LogP contribution in [0.5, 0.6) is 17.2 Å². The molecular formula is C19H21NO4. The highest BCUT2D eigenvalue weighted by Gasteiger charge is 2.13. The van der Waals surface area contributed by atoms with Crippen molar-refractivity contribution < 1.29 is 19.0 Å². The predicted molar refractivity (Wildman–Crippen MR) is 90.7 cm³/mol. The number of amides is 1. The SMILES string of the molecule is COc1ccc(CNC(=O)Cc2ccc3c(c2)OCC3)cc1OC. The van der Waals surface area contributed by atoms with Crippen molar-refractivity contribution in [2.45, 2.75) is 19.4 Å². The number of methoxy groups -OCH3 is 2. The monoisotopic (exact) mass is 327 g/mol. The maximum Gasteiger partial charge on any atom is 0.224 e. The molecule has 0 spiro atoms. The van der Waals surface area contributed by atoms with E-state index < -0.39 is 0 Å². The van der Waals surface area contributed by atoms with Crippen LogP contribution in [0.2, 0.25) is 0 Å². The Balaban J connectivity index is 1.57. The average molecular weight is 327 g/mol. The van der Waals surface area contributed by atoms with Crippen molar-refractivity contribution in [3.8, 4) is 17.2 Å². The third-order valence-corrected chi connectivity index (χ3v) is 4.06. The van der Waals surface area contributed by atoms with Crippen LogP contribution < -0.4 is 19.5 Å². The van der Waals surface area contributed by atoms with Crippen molar-refractivity contribution in [3.05, 3.63) is 53.1 Å². The molecule has 0 bridgehead atoms. The van der Waals surface area contributed by atoms with E-state index in [0.717, 1.165) is 29.9 Å². The Kier molecular flexibility index (Phi) is 4.89. The molecule has 1 aliphatic heterocycles. The highest BCUT2D eigenvalue weighted by Crippen LogP contribution is 2.28. The highest BCUT2D eigenvalue weighted by molar-refractivity contribution is 5.78. The van der Waals surface area contributed by atoms with E-state index in [1.54, 1.807) is 14.2 Å². The minimum Gasteiger partial charge on any atom is -0.493 e. The van der Waals surface area contributed by atoms with Gasteiger partial charge in [0.05, 0.1) is 27.2 Å². The van der Waals surface area contributed by atoms with Crippen LogP contribution in [0.3, 0.4) is 0 Å². The molecule has 0 saturated carbocycles. The molecule has 1 heterocycles. The topological polar surface area (TPSA) is 56.8 Å². The number of carbonyl (C=O) groups excluding carboxylic acids is 1. The van der Waals surface area contributed by atoms with Gasteiger partial charge >= 0.3 is 0 Å². The normalized spacial score (nSPS) is 12.2. The lowest BCUT2D eigenvalue weighted by Gasteiger charge is -2.10. The number of benzene rings is 2. The minimum atomic E-state index is -0.0252. The Morgan fingerprint density at radius 1 is 1.08 bits per heavy atom. The molecule has 0 fully saturated rings. The first kappa shape index (κ1) is 16.2. The minimum absolute atomic E-state index is 0.0252. The summed E-state index contributed by atoms with van der Waals surface area (Å²) in [4.78, 5) is 12.2. The zero-order valence-corrected chi connectivity index (χ0v) is 13.9. The first-order valence-corrected chi connectivity index (χ1v) is 7.92. The fourth-order valence-corrected chi connectivity index (χ4v) is 2.76. The van der Waals surface area contributed by atoms with Crippen molar-refractivity contribution in [1.82, 2.24) is 5.32 Å². The quantitative estimate of drug-likeness (QED) is 0.886. The molecule has 1 N–H and O–H groups in total. The van der Waals surface area contributed by atoms with Crippen molar-refractivity contribution >= 4 is 5.91 Å². The molecule has 0 saturated heterocycles. The molecule has 5 nitrogen and oxygen atoms in total. The van der Waals surface area contributed by atoms with Gasteiger partial charge in [-0.1, -0.05) is 18.2 Å². The Bertz CT molecular complexity index is 742. The van der Waals surface area contributed by atoms with E-state index in [4.69, 9.17) is 14.2 Å². The standard InChI is InChI=1S/C19H21NO4/c1-22-16-6-4-14(10-18(16)23-2)12-20-19(21)11-13-3-5-15-7-8-24-17(15)9-13/h3-6,9-10H,7-8,11-12H2,1-2H3,(H,20,21). The van der Waals surface area contributed by atoms with Gasteiger partial charge in [0.15, 0.2) is 11.5 Å². The lowest BCUT2D eigenvalue weighted by atomic mass is 10.1. The number of hydrogen-bond acceptors (Lipinski definition) is 4. The fraction of sp³-hybridized carbons (Fsp3) is 0.316. The summed E-state index contributed by atoms with van der Waals surface area (Å²) in [6, 6.07) is 11.6. The molecule has 2 aromatic carbocycles. The molecule has 2 aromatic rings. The molecule has 0 atom stereocenters. The van der Waals surface area contributed by atoms with Crippen LogP contribution in [0.25, 0.3) is 0 Å². The smallest absolute Gasteiger partial charge is 0.224 e.